The molecule has 1 heterocycles. The minimum Gasteiger partial charge on any atom is -0.423 e. The summed E-state index contributed by atoms with van der Waals surface area (Å²) in [5.41, 5.74) is 2.02. The highest BCUT2D eigenvalue weighted by atomic mass is 32.2. The molecule has 0 aromatic heterocycles. The van der Waals surface area contributed by atoms with Crippen molar-refractivity contribution in [2.45, 2.75) is 6.54 Å². The molecule has 6 heteroatoms. The topological polar surface area (TPSA) is 63.7 Å². The van der Waals surface area contributed by atoms with E-state index in [1.165, 1.54) is 4.90 Å². The van der Waals surface area contributed by atoms with E-state index in [2.05, 4.69) is 0 Å². The molecule has 4 aromatic carbocycles. The van der Waals surface area contributed by atoms with Crippen LogP contribution in [-0.4, -0.2) is 22.0 Å². The average molecular weight is 466 g/mol. The van der Waals surface area contributed by atoms with Gasteiger partial charge in [-0.25, -0.2) is 4.79 Å². The van der Waals surface area contributed by atoms with Crippen molar-refractivity contribution in [2.24, 2.45) is 0 Å². The summed E-state index contributed by atoms with van der Waals surface area (Å²) in [7, 11) is 0. The summed E-state index contributed by atoms with van der Waals surface area (Å²) < 4.78 is 5.62. The summed E-state index contributed by atoms with van der Waals surface area (Å²) in [6.45, 7) is 0.228. The Morgan fingerprint density at radius 2 is 1.59 bits per heavy atom. The minimum atomic E-state index is -0.461. The molecule has 2 amide bonds. The van der Waals surface area contributed by atoms with Crippen LogP contribution in [0.3, 0.4) is 0 Å². The molecule has 0 atom stereocenters. The molecule has 0 aliphatic carbocycles. The second-order valence-corrected chi connectivity index (χ2v) is 8.74. The van der Waals surface area contributed by atoms with Gasteiger partial charge in [0, 0.05) is 0 Å². The van der Waals surface area contributed by atoms with E-state index in [9.17, 15) is 14.4 Å². The minimum absolute atomic E-state index is 0.228. The van der Waals surface area contributed by atoms with Crippen molar-refractivity contribution in [1.82, 2.24) is 4.90 Å². The predicted molar refractivity (Wildman–Crippen MR) is 133 cm³/mol. The Hall–Kier alpha value is -4.16. The largest absolute Gasteiger partial charge is 0.423 e. The second-order valence-electron chi connectivity index (χ2n) is 7.74. The molecule has 166 valence electrons. The summed E-state index contributed by atoms with van der Waals surface area (Å²) in [5, 5.41) is 1.47. The maximum absolute atomic E-state index is 12.8. The van der Waals surface area contributed by atoms with Gasteiger partial charge in [-0.05, 0) is 57.9 Å². The van der Waals surface area contributed by atoms with Crippen LogP contribution in [0.4, 0.5) is 4.79 Å². The highest BCUT2D eigenvalue weighted by molar-refractivity contribution is 8.18. The highest BCUT2D eigenvalue weighted by Crippen LogP contribution is 2.33. The van der Waals surface area contributed by atoms with Gasteiger partial charge in [0.15, 0.2) is 0 Å². The zero-order valence-corrected chi connectivity index (χ0v) is 18.8. The lowest BCUT2D eigenvalue weighted by Crippen LogP contribution is -2.27. The van der Waals surface area contributed by atoms with Crippen LogP contribution < -0.4 is 4.74 Å². The number of fused-ring (bicyclic) bond motifs is 1. The number of carbonyl (C=O) groups is 3. The Balaban J connectivity index is 1.34. The van der Waals surface area contributed by atoms with Crippen LogP contribution in [0.5, 0.6) is 5.75 Å². The van der Waals surface area contributed by atoms with Gasteiger partial charge in [0.1, 0.15) is 5.75 Å². The SMILES string of the molecule is O=C(Oc1cccc(/C=C2\SC(=O)N(Cc3ccccc3)C2=O)c1)c1cccc2ccccc12. The first-order chi connectivity index (χ1) is 16.6. The molecule has 4 aromatic rings. The van der Waals surface area contributed by atoms with Gasteiger partial charge in [-0.2, -0.15) is 0 Å². The molecule has 0 N–H and O–H groups in total. The molecule has 0 spiro atoms. The van der Waals surface area contributed by atoms with Crippen LogP contribution in [-0.2, 0) is 11.3 Å². The first-order valence-electron chi connectivity index (χ1n) is 10.7. The first-order valence-corrected chi connectivity index (χ1v) is 11.5. The zero-order chi connectivity index (χ0) is 23.5. The van der Waals surface area contributed by atoms with Crippen molar-refractivity contribution in [3.63, 3.8) is 0 Å². The van der Waals surface area contributed by atoms with Crippen LogP contribution in [0.2, 0.25) is 0 Å². The van der Waals surface area contributed by atoms with Gasteiger partial charge < -0.3 is 4.74 Å². The lowest BCUT2D eigenvalue weighted by atomic mass is 10.0. The van der Waals surface area contributed by atoms with Crippen molar-refractivity contribution in [3.8, 4) is 5.75 Å². The van der Waals surface area contributed by atoms with Gasteiger partial charge in [0.25, 0.3) is 11.1 Å². The maximum Gasteiger partial charge on any atom is 0.344 e. The number of esters is 1. The van der Waals surface area contributed by atoms with E-state index >= 15 is 0 Å². The molecule has 1 aliphatic rings. The van der Waals surface area contributed by atoms with E-state index in [0.29, 0.717) is 21.8 Å². The van der Waals surface area contributed by atoms with E-state index in [-0.39, 0.29) is 17.7 Å². The smallest absolute Gasteiger partial charge is 0.344 e. The number of imide groups is 1. The van der Waals surface area contributed by atoms with Crippen molar-refractivity contribution in [2.75, 3.05) is 0 Å². The lowest BCUT2D eigenvalue weighted by molar-refractivity contribution is -0.123. The van der Waals surface area contributed by atoms with Crippen molar-refractivity contribution in [3.05, 3.63) is 119 Å². The van der Waals surface area contributed by atoms with Crippen molar-refractivity contribution >= 4 is 45.7 Å². The Labute approximate surface area is 200 Å². The van der Waals surface area contributed by atoms with E-state index in [1.54, 1.807) is 36.4 Å². The summed E-state index contributed by atoms with van der Waals surface area (Å²) in [4.78, 5) is 39.7. The summed E-state index contributed by atoms with van der Waals surface area (Å²) in [6.07, 6.45) is 1.64. The number of hydrogen-bond acceptors (Lipinski definition) is 5. The third-order valence-electron chi connectivity index (χ3n) is 5.43. The number of amides is 2. The Morgan fingerprint density at radius 3 is 2.44 bits per heavy atom. The number of benzene rings is 4. The molecule has 1 saturated heterocycles. The molecule has 34 heavy (non-hydrogen) atoms. The molecule has 5 nitrogen and oxygen atoms in total. The van der Waals surface area contributed by atoms with Gasteiger partial charge in [0.2, 0.25) is 0 Å². The van der Waals surface area contributed by atoms with E-state index in [4.69, 9.17) is 4.74 Å². The molecule has 5 rings (SSSR count). The third-order valence-corrected chi connectivity index (χ3v) is 6.34. The molecule has 0 unspecified atom stereocenters. The van der Waals surface area contributed by atoms with Gasteiger partial charge in [-0.1, -0.05) is 78.9 Å². The van der Waals surface area contributed by atoms with Gasteiger partial charge in [-0.15, -0.1) is 0 Å². The Morgan fingerprint density at radius 1 is 0.853 bits per heavy atom. The molecule has 1 fully saturated rings. The molecule has 0 bridgehead atoms. The Bertz CT molecular complexity index is 1440. The second kappa shape index (κ2) is 9.37. The number of hydrogen-bond donors (Lipinski definition) is 0. The lowest BCUT2D eigenvalue weighted by Gasteiger charge is -2.12. The van der Waals surface area contributed by atoms with Crippen molar-refractivity contribution in [1.29, 1.82) is 0 Å². The molecule has 0 saturated carbocycles. The Kier molecular flexibility index (Phi) is 5.97. The fraction of sp³-hybridized carbons (Fsp3) is 0.0357. The van der Waals surface area contributed by atoms with Crippen LogP contribution in [0.1, 0.15) is 21.5 Å². The number of thioether (sulfide) groups is 1. The monoisotopic (exact) mass is 465 g/mol. The molecular weight excluding hydrogens is 446 g/mol. The fourth-order valence-electron chi connectivity index (χ4n) is 3.79. The van der Waals surface area contributed by atoms with Crippen LogP contribution in [0.15, 0.2) is 102 Å². The predicted octanol–water partition coefficient (Wildman–Crippen LogP) is 6.30. The van der Waals surface area contributed by atoms with Gasteiger partial charge in [-0.3, -0.25) is 14.5 Å². The van der Waals surface area contributed by atoms with Crippen LogP contribution in [0.25, 0.3) is 16.8 Å². The van der Waals surface area contributed by atoms with Gasteiger partial charge >= 0.3 is 5.97 Å². The number of rotatable bonds is 5. The zero-order valence-electron chi connectivity index (χ0n) is 18.0. The summed E-state index contributed by atoms with van der Waals surface area (Å²) >= 11 is 0.905. The van der Waals surface area contributed by atoms with E-state index < -0.39 is 5.97 Å². The average Bonchev–Trinajstić information content (AvgIpc) is 3.11. The summed E-state index contributed by atoms with van der Waals surface area (Å²) in [5.74, 6) is -0.440. The van der Waals surface area contributed by atoms with Gasteiger partial charge in [0.05, 0.1) is 17.0 Å². The normalized spacial score (nSPS) is 14.7. The number of ether oxygens (including phenoxy) is 1. The quantitative estimate of drug-likeness (QED) is 0.197. The summed E-state index contributed by atoms with van der Waals surface area (Å²) in [6, 6.07) is 29.4. The fourth-order valence-corrected chi connectivity index (χ4v) is 4.63. The molecule has 0 radical (unpaired) electrons. The first kappa shape index (κ1) is 21.7. The highest BCUT2D eigenvalue weighted by Gasteiger charge is 2.34. The third kappa shape index (κ3) is 4.49. The number of nitrogens with zero attached hydrogens (tertiary/aromatic N) is 1. The van der Waals surface area contributed by atoms with Crippen LogP contribution in [0, 0.1) is 0 Å². The molecule has 1 aliphatic heterocycles. The molecular formula is C28H19NO4S. The standard InChI is InChI=1S/C28H19NO4S/c30-26-25(34-28(32)29(26)18-19-8-2-1-3-9-19)17-20-10-6-13-22(16-20)33-27(31)24-15-7-12-21-11-4-5-14-23(21)24/h1-17H,18H2/b25-17-. The van der Waals surface area contributed by atoms with E-state index in [1.807, 2.05) is 66.7 Å². The number of carbonyl (C=O) groups excluding carboxylic acids is 3. The van der Waals surface area contributed by atoms with Crippen LogP contribution >= 0.6 is 11.8 Å². The maximum atomic E-state index is 12.8. The van der Waals surface area contributed by atoms with Crippen molar-refractivity contribution < 1.29 is 19.1 Å². The van der Waals surface area contributed by atoms with E-state index in [0.717, 1.165) is 28.1 Å².